The molecule has 1 aromatic heterocycles. The molecule has 0 saturated carbocycles. The van der Waals surface area contributed by atoms with Gasteiger partial charge in [0.2, 0.25) is 0 Å². The number of methoxy groups -OCH3 is 1. The Morgan fingerprint density at radius 1 is 1.24 bits per heavy atom. The van der Waals surface area contributed by atoms with Crippen LogP contribution in [0.1, 0.15) is 10.4 Å². The summed E-state index contributed by atoms with van der Waals surface area (Å²) in [7, 11) is 3.01. The average Bonchev–Trinajstić information content (AvgIpc) is 2.47. The fraction of sp³-hybridized carbons (Fsp3) is 0.214. The maximum atomic E-state index is 12.2. The summed E-state index contributed by atoms with van der Waals surface area (Å²) in [5.41, 5.74) is -0.961. The fourth-order valence-electron chi connectivity index (χ4n) is 1.80. The van der Waals surface area contributed by atoms with E-state index in [0.717, 1.165) is 4.57 Å². The third-order valence-corrected chi connectivity index (χ3v) is 3.64. The lowest BCUT2D eigenvalue weighted by atomic mass is 10.1. The summed E-state index contributed by atoms with van der Waals surface area (Å²) in [4.78, 5) is 35.5. The third kappa shape index (κ3) is 3.13. The number of hydrogen-bond acceptors (Lipinski definition) is 4. The van der Waals surface area contributed by atoms with Crippen molar-refractivity contribution in [3.05, 3.63) is 61.3 Å². The van der Waals surface area contributed by atoms with Crippen LogP contribution >= 0.6 is 15.9 Å². The zero-order valence-corrected chi connectivity index (χ0v) is 13.1. The highest BCUT2D eigenvalue weighted by Gasteiger charge is 2.11. The molecule has 0 spiro atoms. The lowest BCUT2D eigenvalue weighted by Crippen LogP contribution is -2.40. The summed E-state index contributed by atoms with van der Waals surface area (Å²) in [6.45, 7) is -0.187. The van der Waals surface area contributed by atoms with Gasteiger partial charge in [0.1, 0.15) is 5.75 Å². The van der Waals surface area contributed by atoms with Crippen LogP contribution in [0.15, 0.2) is 44.7 Å². The van der Waals surface area contributed by atoms with Gasteiger partial charge < -0.3 is 13.9 Å². The molecule has 0 saturated heterocycles. The summed E-state index contributed by atoms with van der Waals surface area (Å²) < 4.78 is 8.01. The van der Waals surface area contributed by atoms with Crippen LogP contribution in [0.3, 0.4) is 0 Å². The van der Waals surface area contributed by atoms with Gasteiger partial charge in [0, 0.05) is 25.0 Å². The minimum atomic E-state index is -0.721. The largest absolute Gasteiger partial charge is 0.496 e. The molecule has 0 radical (unpaired) electrons. The Hall–Kier alpha value is -2.15. The Kier molecular flexibility index (Phi) is 4.42. The van der Waals surface area contributed by atoms with E-state index in [1.54, 1.807) is 18.2 Å². The van der Waals surface area contributed by atoms with Gasteiger partial charge in [0.05, 0.1) is 18.1 Å². The van der Waals surface area contributed by atoms with Gasteiger partial charge in [-0.2, -0.15) is 0 Å². The molecule has 0 unspecified atom stereocenters. The van der Waals surface area contributed by atoms with Crippen LogP contribution in [0.5, 0.6) is 5.75 Å². The van der Waals surface area contributed by atoms with Crippen LogP contribution < -0.4 is 15.9 Å². The molecule has 0 aliphatic carbocycles. The number of carbonyl (C=O) groups excluding carboxylic acids is 1. The van der Waals surface area contributed by atoms with E-state index in [0.29, 0.717) is 15.8 Å². The molecule has 0 bridgehead atoms. The number of carbonyl (C=O) groups is 1. The van der Waals surface area contributed by atoms with E-state index in [-0.39, 0.29) is 12.3 Å². The van der Waals surface area contributed by atoms with E-state index in [4.69, 9.17) is 4.74 Å². The highest BCUT2D eigenvalue weighted by Crippen LogP contribution is 2.25. The predicted octanol–water partition coefficient (Wildman–Crippen LogP) is 1.20. The van der Waals surface area contributed by atoms with Gasteiger partial charge in [0.15, 0.2) is 5.78 Å². The molecule has 0 atom stereocenters. The second-order valence-corrected chi connectivity index (χ2v) is 5.27. The molecule has 1 aromatic carbocycles. The first-order chi connectivity index (χ1) is 9.93. The molecule has 7 heteroatoms. The summed E-state index contributed by atoms with van der Waals surface area (Å²) in [6, 6.07) is 4.88. The first kappa shape index (κ1) is 15.2. The highest BCUT2D eigenvalue weighted by molar-refractivity contribution is 9.10. The lowest BCUT2D eigenvalue weighted by molar-refractivity contribution is 0.0970. The normalized spacial score (nSPS) is 10.4. The van der Waals surface area contributed by atoms with Crippen molar-refractivity contribution in [1.82, 2.24) is 9.13 Å². The standard InChI is InChI=1S/C14H13BrN2O4/c1-16-5-6-17(14(20)13(16)19)8-11(18)9-3-4-12(21-2)10(15)7-9/h3-7H,8H2,1-2H3. The molecule has 110 valence electrons. The molecule has 21 heavy (non-hydrogen) atoms. The van der Waals surface area contributed by atoms with Crippen molar-refractivity contribution in [2.45, 2.75) is 6.54 Å². The van der Waals surface area contributed by atoms with Gasteiger partial charge in [-0.1, -0.05) is 0 Å². The minimum Gasteiger partial charge on any atom is -0.496 e. The molecule has 2 aromatic rings. The summed E-state index contributed by atoms with van der Waals surface area (Å²) in [6.07, 6.45) is 2.86. The van der Waals surface area contributed by atoms with Crippen molar-refractivity contribution >= 4 is 21.7 Å². The number of Topliss-reactive ketones (excluding diaryl/α,β-unsaturated/α-hetero) is 1. The van der Waals surface area contributed by atoms with E-state index < -0.39 is 11.1 Å². The van der Waals surface area contributed by atoms with Crippen LogP contribution in [0.4, 0.5) is 0 Å². The zero-order valence-electron chi connectivity index (χ0n) is 11.5. The van der Waals surface area contributed by atoms with Gasteiger partial charge in [-0.3, -0.25) is 14.4 Å². The first-order valence-electron chi connectivity index (χ1n) is 6.07. The SMILES string of the molecule is COc1ccc(C(=O)Cn2ccn(C)c(=O)c2=O)cc1Br. The van der Waals surface area contributed by atoms with E-state index in [1.165, 1.54) is 31.1 Å². The van der Waals surface area contributed by atoms with Crippen LogP contribution in [0, 0.1) is 0 Å². The Bertz CT molecular complexity index is 807. The fourth-order valence-corrected chi connectivity index (χ4v) is 2.34. The van der Waals surface area contributed by atoms with Crippen molar-refractivity contribution < 1.29 is 9.53 Å². The van der Waals surface area contributed by atoms with Gasteiger partial charge in [-0.25, -0.2) is 0 Å². The van der Waals surface area contributed by atoms with Gasteiger partial charge in [-0.05, 0) is 34.1 Å². The van der Waals surface area contributed by atoms with Crippen molar-refractivity contribution in [3.63, 3.8) is 0 Å². The third-order valence-electron chi connectivity index (χ3n) is 3.02. The average molecular weight is 353 g/mol. The summed E-state index contributed by atoms with van der Waals surface area (Å²) in [5.74, 6) is 0.339. The zero-order chi connectivity index (χ0) is 15.6. The van der Waals surface area contributed by atoms with Gasteiger partial charge >= 0.3 is 11.1 Å². The van der Waals surface area contributed by atoms with Crippen LogP contribution in [0.25, 0.3) is 0 Å². The molecule has 0 amide bonds. The quantitative estimate of drug-likeness (QED) is 0.612. The second-order valence-electron chi connectivity index (χ2n) is 4.42. The molecule has 0 fully saturated rings. The van der Waals surface area contributed by atoms with Crippen LogP contribution in [0.2, 0.25) is 0 Å². The van der Waals surface area contributed by atoms with Crippen molar-refractivity contribution in [1.29, 1.82) is 0 Å². The van der Waals surface area contributed by atoms with Crippen molar-refractivity contribution in [3.8, 4) is 5.75 Å². The molecule has 0 N–H and O–H groups in total. The number of halogens is 1. The second kappa shape index (κ2) is 6.09. The smallest absolute Gasteiger partial charge is 0.316 e. The number of rotatable bonds is 4. The number of benzene rings is 1. The first-order valence-corrected chi connectivity index (χ1v) is 6.86. The van der Waals surface area contributed by atoms with E-state index >= 15 is 0 Å². The van der Waals surface area contributed by atoms with E-state index in [2.05, 4.69) is 15.9 Å². The maximum absolute atomic E-state index is 12.2. The molecule has 2 rings (SSSR count). The summed E-state index contributed by atoms with van der Waals surface area (Å²) in [5, 5.41) is 0. The Morgan fingerprint density at radius 2 is 1.95 bits per heavy atom. The van der Waals surface area contributed by atoms with Crippen molar-refractivity contribution in [2.75, 3.05) is 7.11 Å². The topological polar surface area (TPSA) is 70.3 Å². The van der Waals surface area contributed by atoms with Gasteiger partial charge in [-0.15, -0.1) is 0 Å². The monoisotopic (exact) mass is 352 g/mol. The molecule has 6 nitrogen and oxygen atoms in total. The predicted molar refractivity (Wildman–Crippen MR) is 81.0 cm³/mol. The number of ether oxygens (including phenoxy) is 1. The van der Waals surface area contributed by atoms with E-state index in [9.17, 15) is 14.4 Å². The van der Waals surface area contributed by atoms with Crippen LogP contribution in [-0.4, -0.2) is 22.0 Å². The van der Waals surface area contributed by atoms with Crippen LogP contribution in [-0.2, 0) is 13.6 Å². The van der Waals surface area contributed by atoms with E-state index in [1.807, 2.05) is 0 Å². The number of aryl methyl sites for hydroxylation is 1. The maximum Gasteiger partial charge on any atom is 0.316 e. The Morgan fingerprint density at radius 3 is 2.57 bits per heavy atom. The highest BCUT2D eigenvalue weighted by atomic mass is 79.9. The Balaban J connectivity index is 2.31. The minimum absolute atomic E-state index is 0.187. The molecule has 1 heterocycles. The summed E-state index contributed by atoms with van der Waals surface area (Å²) >= 11 is 3.30. The lowest BCUT2D eigenvalue weighted by Gasteiger charge is -2.08. The van der Waals surface area contributed by atoms with Gasteiger partial charge in [0.25, 0.3) is 0 Å². The Labute approximate surface area is 128 Å². The number of hydrogen-bond donors (Lipinski definition) is 0. The number of nitrogens with zero attached hydrogens (tertiary/aromatic N) is 2. The number of ketones is 1. The van der Waals surface area contributed by atoms with Crippen molar-refractivity contribution in [2.24, 2.45) is 7.05 Å². The molecule has 0 aliphatic rings. The number of aromatic nitrogens is 2. The molecular weight excluding hydrogens is 340 g/mol. The molecular formula is C14H13BrN2O4. The molecule has 0 aliphatic heterocycles.